The van der Waals surface area contributed by atoms with Crippen LogP contribution in [0.5, 0.6) is 0 Å². The largest absolute Gasteiger partial charge is 0.352 e. The Labute approximate surface area is 179 Å². The van der Waals surface area contributed by atoms with E-state index in [1.165, 1.54) is 0 Å². The van der Waals surface area contributed by atoms with Gasteiger partial charge in [0.05, 0.1) is 22.5 Å². The first-order valence-electron chi connectivity index (χ1n) is 9.87. The molecular weight excluding hydrogens is 392 g/mol. The van der Waals surface area contributed by atoms with Gasteiger partial charge in [-0.2, -0.15) is 5.10 Å². The number of hydrogen-bond acceptors (Lipinski definition) is 4. The molecule has 2 N–H and O–H groups in total. The molecule has 0 radical (unpaired) electrons. The minimum atomic E-state index is -0.0375. The Balaban J connectivity index is 1.56. The lowest BCUT2D eigenvalue weighted by Crippen LogP contribution is -2.24. The number of H-pyrrole nitrogens is 1. The number of rotatable bonds is 7. The second kappa shape index (κ2) is 9.41. The Bertz CT molecular complexity index is 1180. The number of carbonyl (C=O) groups is 1. The number of aromatic nitrogens is 3. The lowest BCUT2D eigenvalue weighted by Gasteiger charge is -2.09. The van der Waals surface area contributed by atoms with E-state index in [-0.39, 0.29) is 5.91 Å². The summed E-state index contributed by atoms with van der Waals surface area (Å²) >= 11 is 1.57. The number of hydrogen-bond donors (Lipinski definition) is 2. The highest BCUT2D eigenvalue weighted by Gasteiger charge is 2.12. The Hall–Kier alpha value is -3.38. The molecule has 0 bridgehead atoms. The first-order valence-corrected chi connectivity index (χ1v) is 10.7. The zero-order chi connectivity index (χ0) is 20.8. The van der Waals surface area contributed by atoms with Crippen LogP contribution in [0.2, 0.25) is 0 Å². The molecule has 30 heavy (non-hydrogen) atoms. The van der Waals surface area contributed by atoms with E-state index in [2.05, 4.69) is 38.7 Å². The Morgan fingerprint density at radius 3 is 2.80 bits per heavy atom. The average Bonchev–Trinajstić information content (AvgIpc) is 3.19. The normalized spacial score (nSPS) is 11.2. The zero-order valence-electron chi connectivity index (χ0n) is 16.6. The third-order valence-electron chi connectivity index (χ3n) is 4.56. The summed E-state index contributed by atoms with van der Waals surface area (Å²) in [4.78, 5) is 18.7. The van der Waals surface area contributed by atoms with E-state index in [0.717, 1.165) is 38.5 Å². The lowest BCUT2D eigenvalue weighted by atomic mass is 10.2. The van der Waals surface area contributed by atoms with Crippen LogP contribution in [0.4, 0.5) is 0 Å². The van der Waals surface area contributed by atoms with Gasteiger partial charge in [0, 0.05) is 27.9 Å². The lowest BCUT2D eigenvalue weighted by molar-refractivity contribution is 0.0950. The van der Waals surface area contributed by atoms with Crippen molar-refractivity contribution in [2.24, 2.45) is 0 Å². The molecule has 0 atom stereocenters. The summed E-state index contributed by atoms with van der Waals surface area (Å²) in [5.41, 5.74) is 3.40. The highest BCUT2D eigenvalue weighted by molar-refractivity contribution is 7.99. The van der Waals surface area contributed by atoms with Gasteiger partial charge in [-0.05, 0) is 61.0 Å². The van der Waals surface area contributed by atoms with E-state index >= 15 is 0 Å². The Morgan fingerprint density at radius 2 is 1.97 bits per heavy atom. The fourth-order valence-electron chi connectivity index (χ4n) is 3.05. The topological polar surface area (TPSA) is 70.7 Å². The molecule has 6 heteroatoms. The minimum Gasteiger partial charge on any atom is -0.352 e. The zero-order valence-corrected chi connectivity index (χ0v) is 17.4. The first kappa shape index (κ1) is 19.9. The van der Waals surface area contributed by atoms with Crippen LogP contribution in [-0.4, -0.2) is 27.6 Å². The molecule has 2 heterocycles. The fourth-order valence-corrected chi connectivity index (χ4v) is 4.04. The van der Waals surface area contributed by atoms with Crippen LogP contribution in [0.3, 0.4) is 0 Å². The number of nitrogens with one attached hydrogen (secondary N) is 2. The predicted octanol–water partition coefficient (Wildman–Crippen LogP) is 5.42. The third kappa shape index (κ3) is 4.60. The maximum atomic E-state index is 12.5. The van der Waals surface area contributed by atoms with Crippen LogP contribution in [0.25, 0.3) is 23.1 Å². The van der Waals surface area contributed by atoms with E-state index in [0.29, 0.717) is 12.1 Å². The minimum absolute atomic E-state index is 0.0375. The number of aromatic amines is 1. The Morgan fingerprint density at radius 1 is 1.10 bits per heavy atom. The van der Waals surface area contributed by atoms with Crippen LogP contribution in [0.15, 0.2) is 76.7 Å². The summed E-state index contributed by atoms with van der Waals surface area (Å²) in [7, 11) is 0. The standard InChI is InChI=1S/C24H22N4OS/c1-2-14-26-24(29)20-8-3-4-9-23(20)30-18-11-12-19-21(27-28-22(19)16-18)13-10-17-7-5-6-15-25-17/h3-13,15-16H,2,14H2,1H3,(H,26,29)(H,27,28). The van der Waals surface area contributed by atoms with Gasteiger partial charge in [0.25, 0.3) is 5.91 Å². The fraction of sp³-hybridized carbons (Fsp3) is 0.125. The maximum absolute atomic E-state index is 12.5. The molecule has 4 rings (SSSR count). The van der Waals surface area contributed by atoms with Crippen molar-refractivity contribution >= 4 is 40.7 Å². The molecule has 0 fully saturated rings. The van der Waals surface area contributed by atoms with Gasteiger partial charge in [-0.1, -0.05) is 36.9 Å². The summed E-state index contributed by atoms with van der Waals surface area (Å²) < 4.78 is 0. The average molecular weight is 415 g/mol. The quantitative estimate of drug-likeness (QED) is 0.424. The summed E-state index contributed by atoms with van der Waals surface area (Å²) in [5.74, 6) is -0.0375. The van der Waals surface area contributed by atoms with Crippen molar-refractivity contribution in [1.29, 1.82) is 0 Å². The van der Waals surface area contributed by atoms with E-state index in [1.54, 1.807) is 18.0 Å². The summed E-state index contributed by atoms with van der Waals surface area (Å²) in [5, 5.41) is 11.5. The van der Waals surface area contributed by atoms with Crippen molar-refractivity contribution in [2.75, 3.05) is 6.54 Å². The maximum Gasteiger partial charge on any atom is 0.252 e. The molecule has 0 aliphatic rings. The van der Waals surface area contributed by atoms with Crippen molar-refractivity contribution in [2.45, 2.75) is 23.1 Å². The second-order valence-corrected chi connectivity index (χ2v) is 7.87. The molecule has 0 saturated carbocycles. The number of nitrogens with zero attached hydrogens (tertiary/aromatic N) is 2. The molecule has 150 valence electrons. The molecule has 2 aromatic heterocycles. The van der Waals surface area contributed by atoms with Gasteiger partial charge in [-0.15, -0.1) is 0 Å². The number of carbonyl (C=O) groups excluding carboxylic acids is 1. The molecule has 1 amide bonds. The number of benzene rings is 2. The van der Waals surface area contributed by atoms with Gasteiger partial charge >= 0.3 is 0 Å². The number of pyridine rings is 1. The van der Waals surface area contributed by atoms with Crippen molar-refractivity contribution in [1.82, 2.24) is 20.5 Å². The van der Waals surface area contributed by atoms with E-state index in [9.17, 15) is 4.79 Å². The van der Waals surface area contributed by atoms with Crippen molar-refractivity contribution in [3.8, 4) is 0 Å². The van der Waals surface area contributed by atoms with Crippen LogP contribution < -0.4 is 5.32 Å². The van der Waals surface area contributed by atoms with Crippen LogP contribution >= 0.6 is 11.8 Å². The molecule has 0 aliphatic heterocycles. The van der Waals surface area contributed by atoms with Gasteiger partial charge in [0.15, 0.2) is 0 Å². The van der Waals surface area contributed by atoms with Crippen LogP contribution in [-0.2, 0) is 0 Å². The molecule has 0 unspecified atom stereocenters. The van der Waals surface area contributed by atoms with Crippen molar-refractivity contribution in [3.63, 3.8) is 0 Å². The molecule has 5 nitrogen and oxygen atoms in total. The monoisotopic (exact) mass is 414 g/mol. The van der Waals surface area contributed by atoms with Crippen molar-refractivity contribution < 1.29 is 4.79 Å². The van der Waals surface area contributed by atoms with Crippen LogP contribution in [0.1, 0.15) is 35.1 Å². The van der Waals surface area contributed by atoms with E-state index in [4.69, 9.17) is 0 Å². The molecule has 0 saturated heterocycles. The van der Waals surface area contributed by atoms with E-state index in [1.807, 2.05) is 61.5 Å². The summed E-state index contributed by atoms with van der Waals surface area (Å²) in [6.45, 7) is 2.72. The molecule has 0 aliphatic carbocycles. The van der Waals surface area contributed by atoms with Gasteiger partial charge in [-0.25, -0.2) is 0 Å². The van der Waals surface area contributed by atoms with Gasteiger partial charge in [0.1, 0.15) is 0 Å². The number of fused-ring (bicyclic) bond motifs is 1. The Kier molecular flexibility index (Phi) is 6.25. The molecule has 2 aromatic carbocycles. The van der Waals surface area contributed by atoms with Crippen LogP contribution in [0, 0.1) is 0 Å². The molecule has 0 spiro atoms. The van der Waals surface area contributed by atoms with E-state index < -0.39 is 0 Å². The first-order chi connectivity index (χ1) is 14.7. The summed E-state index contributed by atoms with van der Waals surface area (Å²) in [6, 6.07) is 19.7. The van der Waals surface area contributed by atoms with Crippen molar-refractivity contribution in [3.05, 3.63) is 83.8 Å². The molecule has 4 aromatic rings. The highest BCUT2D eigenvalue weighted by Crippen LogP contribution is 2.32. The second-order valence-electron chi connectivity index (χ2n) is 6.76. The highest BCUT2D eigenvalue weighted by atomic mass is 32.2. The number of amides is 1. The van der Waals surface area contributed by atoms with Gasteiger partial charge in [0.2, 0.25) is 0 Å². The SMILES string of the molecule is CCCNC(=O)c1ccccc1Sc1ccc2c(C=Cc3ccccn3)n[nH]c2c1. The van der Waals surface area contributed by atoms with Gasteiger partial charge in [-0.3, -0.25) is 14.9 Å². The smallest absolute Gasteiger partial charge is 0.252 e. The molecular formula is C24H22N4OS. The third-order valence-corrected chi connectivity index (χ3v) is 5.62. The summed E-state index contributed by atoms with van der Waals surface area (Å²) in [6.07, 6.45) is 6.59. The predicted molar refractivity (Wildman–Crippen MR) is 122 cm³/mol. The van der Waals surface area contributed by atoms with Gasteiger partial charge < -0.3 is 5.32 Å².